The van der Waals surface area contributed by atoms with Crippen molar-refractivity contribution in [3.05, 3.63) is 29.6 Å². The highest BCUT2D eigenvalue weighted by atomic mass is 19.4. The molecule has 2 fully saturated rings. The lowest BCUT2D eigenvalue weighted by molar-refractivity contribution is -0.147. The van der Waals surface area contributed by atoms with E-state index in [4.69, 9.17) is 0 Å². The molecule has 0 saturated carbocycles. The molecule has 0 bridgehead atoms. The number of hydrogen-bond acceptors (Lipinski definition) is 4. The van der Waals surface area contributed by atoms with Crippen LogP contribution in [0.2, 0.25) is 0 Å². The molecule has 2 aliphatic heterocycles. The zero-order chi connectivity index (χ0) is 19.2. The first-order chi connectivity index (χ1) is 12.1. The minimum atomic E-state index is -4.96. The van der Waals surface area contributed by atoms with E-state index in [-0.39, 0.29) is 25.1 Å². The molecule has 0 aliphatic carbocycles. The molecule has 0 N–H and O–H groups in total. The van der Waals surface area contributed by atoms with Gasteiger partial charge in [-0.1, -0.05) is 0 Å². The lowest BCUT2D eigenvalue weighted by atomic mass is 9.91. The van der Waals surface area contributed by atoms with E-state index in [1.165, 1.54) is 12.0 Å². The van der Waals surface area contributed by atoms with E-state index in [1.807, 2.05) is 0 Å². The molecule has 2 atom stereocenters. The van der Waals surface area contributed by atoms with Crippen molar-refractivity contribution in [1.29, 1.82) is 0 Å². The number of ether oxygens (including phenoxy) is 1. The summed E-state index contributed by atoms with van der Waals surface area (Å²) >= 11 is 0. The van der Waals surface area contributed by atoms with Crippen molar-refractivity contribution in [2.45, 2.75) is 25.1 Å². The van der Waals surface area contributed by atoms with Gasteiger partial charge in [-0.25, -0.2) is 14.1 Å². The number of imide groups is 1. The lowest BCUT2D eigenvalue weighted by Gasteiger charge is -2.30. The number of anilines is 1. The van der Waals surface area contributed by atoms with Gasteiger partial charge in [0.25, 0.3) is 5.91 Å². The molecule has 6 nitrogen and oxygen atoms in total. The number of hydrogen-bond donors (Lipinski definition) is 0. The van der Waals surface area contributed by atoms with Gasteiger partial charge in [-0.2, -0.15) is 13.2 Å². The van der Waals surface area contributed by atoms with Crippen molar-refractivity contribution in [3.63, 3.8) is 0 Å². The first-order valence-electron chi connectivity index (χ1n) is 7.74. The second-order valence-electron chi connectivity index (χ2n) is 6.07. The van der Waals surface area contributed by atoms with Crippen LogP contribution in [0.3, 0.4) is 0 Å². The monoisotopic (exact) mass is 374 g/mol. The zero-order valence-electron chi connectivity index (χ0n) is 13.5. The number of carbonyl (C=O) groups excluding carboxylic acids is 3. The Bertz CT molecular complexity index is 780. The summed E-state index contributed by atoms with van der Waals surface area (Å²) in [4.78, 5) is 38.5. The van der Waals surface area contributed by atoms with Crippen LogP contribution in [0.15, 0.2) is 18.2 Å². The normalized spacial score (nSPS) is 23.3. The third-order valence-corrected chi connectivity index (χ3v) is 4.59. The highest BCUT2D eigenvalue weighted by Gasteiger charge is 2.50. The van der Waals surface area contributed by atoms with Crippen molar-refractivity contribution in [2.75, 3.05) is 18.6 Å². The van der Waals surface area contributed by atoms with E-state index in [2.05, 4.69) is 4.74 Å². The van der Waals surface area contributed by atoms with Crippen LogP contribution in [0.4, 0.5) is 28.0 Å². The second-order valence-corrected chi connectivity index (χ2v) is 6.07. The van der Waals surface area contributed by atoms with Gasteiger partial charge in [0.2, 0.25) is 0 Å². The molecular formula is C16H14F4N2O4. The van der Waals surface area contributed by atoms with Gasteiger partial charge in [0.05, 0.1) is 24.3 Å². The maximum Gasteiger partial charge on any atom is 0.419 e. The maximum absolute atomic E-state index is 13.5. The van der Waals surface area contributed by atoms with Gasteiger partial charge in [-0.05, 0) is 31.0 Å². The van der Waals surface area contributed by atoms with Gasteiger partial charge in [0.15, 0.2) is 0 Å². The highest BCUT2D eigenvalue weighted by Crippen LogP contribution is 2.37. The van der Waals surface area contributed by atoms with Gasteiger partial charge >= 0.3 is 18.2 Å². The molecule has 0 spiro atoms. The number of fused-ring (bicyclic) bond motifs is 1. The third kappa shape index (κ3) is 2.89. The van der Waals surface area contributed by atoms with Gasteiger partial charge in [0.1, 0.15) is 11.9 Å². The predicted octanol–water partition coefficient (Wildman–Crippen LogP) is 2.56. The number of alkyl halides is 3. The third-order valence-electron chi connectivity index (χ3n) is 4.59. The predicted molar refractivity (Wildman–Crippen MR) is 79.5 cm³/mol. The van der Waals surface area contributed by atoms with Gasteiger partial charge in [-0.3, -0.25) is 9.59 Å². The van der Waals surface area contributed by atoms with E-state index in [0.717, 1.165) is 6.07 Å². The molecule has 0 radical (unpaired) electrons. The molecule has 2 aliphatic rings. The summed E-state index contributed by atoms with van der Waals surface area (Å²) in [5.74, 6) is -3.33. The molecule has 0 aromatic heterocycles. The largest absolute Gasteiger partial charge is 0.469 e. The van der Waals surface area contributed by atoms with E-state index in [0.29, 0.717) is 17.0 Å². The first-order valence-corrected chi connectivity index (χ1v) is 7.74. The molecule has 2 saturated heterocycles. The number of esters is 1. The number of piperidine rings is 1. The topological polar surface area (TPSA) is 66.9 Å². The second kappa shape index (κ2) is 6.26. The number of carbonyl (C=O) groups is 3. The van der Waals surface area contributed by atoms with Crippen LogP contribution in [0.5, 0.6) is 0 Å². The fourth-order valence-corrected chi connectivity index (χ4v) is 3.29. The number of urea groups is 1. The van der Waals surface area contributed by atoms with E-state index >= 15 is 0 Å². The summed E-state index contributed by atoms with van der Waals surface area (Å²) in [5.41, 5.74) is -1.93. The molecular weight excluding hydrogens is 360 g/mol. The van der Waals surface area contributed by atoms with Gasteiger partial charge in [0, 0.05) is 6.54 Å². The van der Waals surface area contributed by atoms with Crippen LogP contribution in [0, 0.1) is 11.7 Å². The van der Waals surface area contributed by atoms with Crippen LogP contribution in [-0.4, -0.2) is 42.5 Å². The standard InChI is InChI=1S/C16H14F4N2O4/c1-26-14(24)8-4-5-21-12(6-8)13(23)22(15(21)25)9-2-3-11(17)10(7-9)16(18,19)20/h2-3,7-8,12H,4-6H2,1H3. The average Bonchev–Trinajstić information content (AvgIpc) is 2.84. The summed E-state index contributed by atoms with van der Waals surface area (Å²) in [6, 6.07) is 0.188. The Labute approximate surface area is 145 Å². The van der Waals surface area contributed by atoms with E-state index < -0.39 is 47.4 Å². The summed E-state index contributed by atoms with van der Waals surface area (Å²) in [6.45, 7) is 0.0961. The molecule has 2 unspecified atom stereocenters. The van der Waals surface area contributed by atoms with Crippen LogP contribution in [0.25, 0.3) is 0 Å². The molecule has 140 valence electrons. The molecule has 10 heteroatoms. The Morgan fingerprint density at radius 2 is 1.96 bits per heavy atom. The Balaban J connectivity index is 1.92. The van der Waals surface area contributed by atoms with Crippen molar-refractivity contribution in [1.82, 2.24) is 4.90 Å². The molecule has 1 aromatic rings. The number of rotatable bonds is 2. The smallest absolute Gasteiger partial charge is 0.419 e. The summed E-state index contributed by atoms with van der Waals surface area (Å²) in [7, 11) is 1.21. The molecule has 3 rings (SSSR count). The SMILES string of the molecule is COC(=O)C1CCN2C(=O)N(c3ccc(F)c(C(F)(F)F)c3)C(=O)C2C1. The van der Waals surface area contributed by atoms with Crippen molar-refractivity contribution >= 4 is 23.6 Å². The average molecular weight is 374 g/mol. The number of nitrogens with zero attached hydrogens (tertiary/aromatic N) is 2. The Morgan fingerprint density at radius 3 is 2.58 bits per heavy atom. The highest BCUT2D eigenvalue weighted by molar-refractivity contribution is 6.21. The van der Waals surface area contributed by atoms with E-state index in [1.54, 1.807) is 0 Å². The van der Waals surface area contributed by atoms with Crippen molar-refractivity contribution in [3.8, 4) is 0 Å². The summed E-state index contributed by atoms with van der Waals surface area (Å²) in [5, 5.41) is 0. The van der Waals surface area contributed by atoms with E-state index in [9.17, 15) is 31.9 Å². The fraction of sp³-hybridized carbons (Fsp3) is 0.438. The Kier molecular flexibility index (Phi) is 4.37. The number of halogens is 4. The Hall–Kier alpha value is -2.65. The minimum absolute atomic E-state index is 0.0288. The molecule has 3 amide bonds. The zero-order valence-corrected chi connectivity index (χ0v) is 13.5. The molecule has 26 heavy (non-hydrogen) atoms. The minimum Gasteiger partial charge on any atom is -0.469 e. The number of amides is 3. The number of methoxy groups -OCH3 is 1. The van der Waals surface area contributed by atoms with Gasteiger partial charge < -0.3 is 9.64 Å². The lowest BCUT2D eigenvalue weighted by Crippen LogP contribution is -2.44. The van der Waals surface area contributed by atoms with Crippen LogP contribution in [-0.2, 0) is 20.5 Å². The summed E-state index contributed by atoms with van der Waals surface area (Å²) in [6.07, 6.45) is -4.65. The van der Waals surface area contributed by atoms with Crippen LogP contribution in [0.1, 0.15) is 18.4 Å². The molecule has 2 heterocycles. The van der Waals surface area contributed by atoms with Crippen molar-refractivity contribution in [2.24, 2.45) is 5.92 Å². The van der Waals surface area contributed by atoms with Gasteiger partial charge in [-0.15, -0.1) is 0 Å². The molecule has 1 aromatic carbocycles. The summed E-state index contributed by atoms with van der Waals surface area (Å²) < 4.78 is 56.8. The number of benzene rings is 1. The first kappa shape index (κ1) is 18.2. The van der Waals surface area contributed by atoms with Crippen LogP contribution >= 0.6 is 0 Å². The fourth-order valence-electron chi connectivity index (χ4n) is 3.29. The maximum atomic E-state index is 13.5. The van der Waals surface area contributed by atoms with Crippen molar-refractivity contribution < 1.29 is 36.7 Å². The Morgan fingerprint density at radius 1 is 1.27 bits per heavy atom. The quantitative estimate of drug-likeness (QED) is 0.453. The van der Waals surface area contributed by atoms with Crippen LogP contribution < -0.4 is 4.90 Å².